The molecule has 0 radical (unpaired) electrons. The maximum atomic E-state index is 15.1. The molecule has 11 rings (SSSR count). The van der Waals surface area contributed by atoms with Crippen LogP contribution in [0.15, 0.2) is 125 Å². The highest BCUT2D eigenvalue weighted by Gasteiger charge is 2.36. The highest BCUT2D eigenvalue weighted by Crippen LogP contribution is 2.41. The molecule has 6 amide bonds. The number of halogens is 4. The lowest BCUT2D eigenvalue weighted by atomic mass is 9.97. The lowest BCUT2D eigenvalue weighted by molar-refractivity contribution is 0.101. The summed E-state index contributed by atoms with van der Waals surface area (Å²) in [5, 5.41) is 18.2. The first-order chi connectivity index (χ1) is 39.6. The Morgan fingerprint density at radius 2 is 1.15 bits per heavy atom. The number of para-hydroxylation sites is 3. The second-order valence-electron chi connectivity index (χ2n) is 18.1. The zero-order valence-corrected chi connectivity index (χ0v) is 46.1. The molecular formula is C56H45F4N13O6S3. The molecule has 19 nitrogen and oxygen atoms in total. The Bertz CT molecular complexity index is 3950. The van der Waals surface area contributed by atoms with Gasteiger partial charge in [0.25, 0.3) is 11.8 Å². The second-order valence-corrected chi connectivity index (χ2v) is 21.1. The van der Waals surface area contributed by atoms with E-state index in [-0.39, 0.29) is 47.4 Å². The number of ether oxygens (including phenoxy) is 1. The molecule has 4 aromatic heterocycles. The topological polar surface area (TPSA) is 239 Å². The summed E-state index contributed by atoms with van der Waals surface area (Å²) in [5.41, 5.74) is 4.45. The van der Waals surface area contributed by atoms with Gasteiger partial charge < -0.3 is 20.7 Å². The molecule has 0 aliphatic carbocycles. The average Bonchev–Trinajstić information content (AvgIpc) is 3.92. The zero-order chi connectivity index (χ0) is 57.8. The van der Waals surface area contributed by atoms with Gasteiger partial charge in [-0.1, -0.05) is 42.5 Å². The van der Waals surface area contributed by atoms with E-state index >= 15 is 8.78 Å². The van der Waals surface area contributed by atoms with Gasteiger partial charge in [-0.2, -0.15) is 4.98 Å². The fourth-order valence-corrected chi connectivity index (χ4v) is 10.4. The number of nitrogens with zero attached hydrogens (tertiary/aromatic N) is 8. The Kier molecular flexibility index (Phi) is 16.4. The van der Waals surface area contributed by atoms with Gasteiger partial charge in [-0.05, 0) is 91.6 Å². The third kappa shape index (κ3) is 11.6. The van der Waals surface area contributed by atoms with Crippen molar-refractivity contribution in [1.29, 1.82) is 0 Å². The van der Waals surface area contributed by atoms with Crippen molar-refractivity contribution < 1.29 is 45.7 Å². The molecule has 0 bridgehead atoms. The molecule has 26 heteroatoms. The van der Waals surface area contributed by atoms with Crippen molar-refractivity contribution in [1.82, 2.24) is 40.5 Å². The van der Waals surface area contributed by atoms with Gasteiger partial charge in [0, 0.05) is 69.3 Å². The number of benzene rings is 5. The third-order valence-corrected chi connectivity index (χ3v) is 15.0. The molecule has 5 aromatic carbocycles. The van der Waals surface area contributed by atoms with Crippen molar-refractivity contribution in [3.8, 4) is 28.3 Å². The molecule has 1 unspecified atom stereocenters. The van der Waals surface area contributed by atoms with Crippen molar-refractivity contribution in [3.63, 3.8) is 0 Å². The predicted octanol–water partition coefficient (Wildman–Crippen LogP) is 11.0. The van der Waals surface area contributed by atoms with Crippen LogP contribution < -0.4 is 41.1 Å². The molecule has 82 heavy (non-hydrogen) atoms. The summed E-state index contributed by atoms with van der Waals surface area (Å²) in [5.74, 6) is -3.79. The molecule has 9 aromatic rings. The number of carbonyl (C=O) groups is 4. The Hall–Kier alpha value is -9.53. The Balaban J connectivity index is 0.000000187. The van der Waals surface area contributed by atoms with Crippen molar-refractivity contribution >= 4 is 96.6 Å². The smallest absolute Gasteiger partial charge is 0.328 e. The quantitative estimate of drug-likeness (QED) is 0.0504. The molecule has 0 saturated carbocycles. The molecule has 416 valence electrons. The normalized spacial score (nSPS) is 12.9. The number of hydrogen-bond donors (Lipinski definition) is 5. The summed E-state index contributed by atoms with van der Waals surface area (Å²) in [6.45, 7) is 3.98. The van der Waals surface area contributed by atoms with Crippen LogP contribution in [-0.4, -0.2) is 77.9 Å². The number of amides is 6. The Labute approximate surface area is 475 Å². The van der Waals surface area contributed by atoms with E-state index in [1.54, 1.807) is 73.6 Å². The molecule has 1 atom stereocenters. The number of carbonyl (C=O) groups excluding carboxylic acids is 4. The van der Waals surface area contributed by atoms with Crippen LogP contribution >= 0.6 is 22.7 Å². The van der Waals surface area contributed by atoms with Gasteiger partial charge in [0.2, 0.25) is 11.1 Å². The summed E-state index contributed by atoms with van der Waals surface area (Å²) in [7, 11) is -0.104. The minimum atomic E-state index is -1.70. The molecular weight excluding hydrogens is 1120 g/mol. The molecule has 5 N–H and O–H groups in total. The molecule has 2 aliphatic heterocycles. The van der Waals surface area contributed by atoms with Crippen molar-refractivity contribution in [2.45, 2.75) is 38.5 Å². The number of thiazole rings is 2. The number of nitrogens with one attached hydrogen (secondary N) is 5. The SMILES string of the molecule is COc1ccccc1CCNc1nc(-c2cc(C(=O)Nc3nccs3)ccc2C)c2c(n1)N(c1c(F)cccc1F)C(=O)NC2.Cc1ccc(C(=O)Nc2nccs2)cc1-c1nc(S(C)=O)nc2c1CNC(=O)N2c1c(F)cccc1F. The van der Waals surface area contributed by atoms with Crippen molar-refractivity contribution in [2.75, 3.05) is 45.7 Å². The van der Waals surface area contributed by atoms with Crippen LogP contribution in [-0.2, 0) is 30.3 Å². The maximum absolute atomic E-state index is 15.1. The van der Waals surface area contributed by atoms with Crippen LogP contribution in [0.1, 0.15) is 48.5 Å². The fraction of sp³-hybridized carbons (Fsp3) is 0.143. The van der Waals surface area contributed by atoms with E-state index in [0.717, 1.165) is 56.5 Å². The molecule has 2 aliphatic rings. The van der Waals surface area contributed by atoms with Gasteiger partial charge in [0.15, 0.2) is 21.9 Å². The molecule has 6 heterocycles. The third-order valence-electron chi connectivity index (χ3n) is 12.9. The van der Waals surface area contributed by atoms with E-state index in [9.17, 15) is 32.2 Å². The number of anilines is 7. The van der Waals surface area contributed by atoms with E-state index in [1.165, 1.54) is 41.1 Å². The minimum Gasteiger partial charge on any atom is -0.496 e. The van der Waals surface area contributed by atoms with Gasteiger partial charge in [-0.25, -0.2) is 61.9 Å². The number of aryl methyl sites for hydroxylation is 2. The highest BCUT2D eigenvalue weighted by atomic mass is 32.2. The van der Waals surface area contributed by atoms with E-state index in [4.69, 9.17) is 9.72 Å². The predicted molar refractivity (Wildman–Crippen MR) is 304 cm³/mol. The van der Waals surface area contributed by atoms with Crippen LogP contribution in [0.3, 0.4) is 0 Å². The van der Waals surface area contributed by atoms with Gasteiger partial charge in [-0.15, -0.1) is 22.7 Å². The minimum absolute atomic E-state index is 0.00740. The summed E-state index contributed by atoms with van der Waals surface area (Å²) >= 11 is 2.56. The fourth-order valence-electron chi connectivity index (χ4n) is 8.94. The zero-order valence-electron chi connectivity index (χ0n) is 43.6. The number of aromatic nitrogens is 6. The molecule has 0 saturated heterocycles. The van der Waals surface area contributed by atoms with Gasteiger partial charge in [0.05, 0.1) is 42.4 Å². The van der Waals surface area contributed by atoms with Gasteiger partial charge in [-0.3, -0.25) is 24.4 Å². The van der Waals surface area contributed by atoms with Gasteiger partial charge >= 0.3 is 12.1 Å². The summed E-state index contributed by atoms with van der Waals surface area (Å²) in [6, 6.07) is 22.8. The summed E-state index contributed by atoms with van der Waals surface area (Å²) in [4.78, 5) is 79.9. The van der Waals surface area contributed by atoms with Crippen LogP contribution in [0, 0.1) is 37.1 Å². The first-order valence-electron chi connectivity index (χ1n) is 24.8. The number of hydrogen-bond acceptors (Lipinski definition) is 15. The number of urea groups is 2. The monoisotopic (exact) mass is 1170 g/mol. The molecule has 0 spiro atoms. The highest BCUT2D eigenvalue weighted by molar-refractivity contribution is 7.84. The standard InChI is InChI=1S/C32H27F2N7O3S.C24H18F2N6O3S2/c1-18-10-11-20(29(42)40-31-36-14-15-45-31)16-21(18)26-22-17-37-32(43)41(27-23(33)7-5-8-24(27)34)28(22)39-30(38-26)35-13-12-19-6-3-4-9-25(19)44-2;1-12-6-7-13(21(33)31-22-27-8-9-36-22)10-14(12)18-15-11-28-24(34)32(19-16(25)4-3-5-17(19)26)20(15)30-23(29-18)37(2)35/h3-11,14-16H,12-13,17H2,1-2H3,(H,37,43)(H,35,38,39)(H,36,40,42);3-10H,11H2,1-2H3,(H,28,34)(H,27,31,33). The first-order valence-corrected chi connectivity index (χ1v) is 28.1. The van der Waals surface area contributed by atoms with Crippen LogP contribution in [0.4, 0.5) is 66.4 Å². The van der Waals surface area contributed by atoms with Crippen LogP contribution in [0.5, 0.6) is 5.75 Å². The van der Waals surface area contributed by atoms with E-state index < -0.39 is 63.4 Å². The Morgan fingerprint density at radius 3 is 1.62 bits per heavy atom. The maximum Gasteiger partial charge on any atom is 0.328 e. The van der Waals surface area contributed by atoms with Crippen LogP contribution in [0.25, 0.3) is 22.5 Å². The summed E-state index contributed by atoms with van der Waals surface area (Å²) in [6.07, 6.45) is 5.07. The van der Waals surface area contributed by atoms with Gasteiger partial charge in [0.1, 0.15) is 40.4 Å². The second kappa shape index (κ2) is 24.1. The number of methoxy groups -OCH3 is 1. The van der Waals surface area contributed by atoms with E-state index in [2.05, 4.69) is 51.5 Å². The number of rotatable bonds is 14. The first kappa shape index (κ1) is 55.8. The van der Waals surface area contributed by atoms with E-state index in [1.807, 2.05) is 31.2 Å². The lowest BCUT2D eigenvalue weighted by Gasteiger charge is -2.31. The Morgan fingerprint density at radius 1 is 0.659 bits per heavy atom. The summed E-state index contributed by atoms with van der Waals surface area (Å²) < 4.78 is 77.5. The molecule has 0 fully saturated rings. The number of fused-ring (bicyclic) bond motifs is 2. The average molecular weight is 1170 g/mol. The van der Waals surface area contributed by atoms with E-state index in [0.29, 0.717) is 62.3 Å². The van der Waals surface area contributed by atoms with Crippen LogP contribution in [0.2, 0.25) is 0 Å². The van der Waals surface area contributed by atoms with Crippen molar-refractivity contribution in [2.24, 2.45) is 0 Å². The van der Waals surface area contributed by atoms with Crippen molar-refractivity contribution in [3.05, 3.63) is 182 Å². The lowest BCUT2D eigenvalue weighted by Crippen LogP contribution is -2.43. The largest absolute Gasteiger partial charge is 0.496 e.